The second-order valence-electron chi connectivity index (χ2n) is 6.39. The maximum Gasteiger partial charge on any atom is 0.332 e. The van der Waals surface area contributed by atoms with Crippen LogP contribution in [0, 0.1) is 0 Å². The minimum atomic E-state index is -0.305. The number of hydrogen-bond acceptors (Lipinski definition) is 5. The van der Waals surface area contributed by atoms with Crippen LogP contribution in [0.4, 0.5) is 5.95 Å². The van der Waals surface area contributed by atoms with Gasteiger partial charge in [0.15, 0.2) is 11.2 Å². The van der Waals surface area contributed by atoms with Gasteiger partial charge in [-0.3, -0.25) is 13.9 Å². The van der Waals surface area contributed by atoms with Crippen LogP contribution in [-0.4, -0.2) is 25.2 Å². The summed E-state index contributed by atoms with van der Waals surface area (Å²) in [6, 6.07) is 3.77. The first kappa shape index (κ1) is 15.7. The van der Waals surface area contributed by atoms with E-state index in [2.05, 4.69) is 9.88 Å². The lowest BCUT2D eigenvalue weighted by Crippen LogP contribution is -2.39. The van der Waals surface area contributed by atoms with Crippen LogP contribution in [0.5, 0.6) is 0 Å². The number of aryl methyl sites for hydroxylation is 1. The van der Waals surface area contributed by atoms with E-state index in [1.807, 2.05) is 23.6 Å². The predicted octanol–water partition coefficient (Wildman–Crippen LogP) is 1.31. The van der Waals surface area contributed by atoms with Crippen LogP contribution in [0.3, 0.4) is 0 Å². The van der Waals surface area contributed by atoms with Crippen molar-refractivity contribution >= 4 is 17.1 Å². The van der Waals surface area contributed by atoms with Gasteiger partial charge in [0.1, 0.15) is 5.76 Å². The molecule has 3 aromatic rings. The number of unbranched alkanes of at least 4 members (excludes halogenated alkanes) is 1. The first-order valence-electron chi connectivity index (χ1n) is 8.59. The Morgan fingerprint density at radius 3 is 2.84 bits per heavy atom. The van der Waals surface area contributed by atoms with Crippen molar-refractivity contribution in [2.45, 2.75) is 39.4 Å². The molecule has 0 fully saturated rings. The lowest BCUT2D eigenvalue weighted by atomic mass is 10.3. The topological polar surface area (TPSA) is 78.2 Å². The third-order valence-corrected chi connectivity index (χ3v) is 4.75. The summed E-state index contributed by atoms with van der Waals surface area (Å²) >= 11 is 0. The number of nitrogens with zero attached hydrogens (tertiary/aromatic N) is 5. The highest BCUT2D eigenvalue weighted by atomic mass is 16.3. The van der Waals surface area contributed by atoms with Crippen molar-refractivity contribution in [1.82, 2.24) is 18.7 Å². The molecule has 1 aliphatic rings. The fourth-order valence-corrected chi connectivity index (χ4v) is 3.39. The number of furan rings is 1. The number of anilines is 1. The lowest BCUT2D eigenvalue weighted by molar-refractivity contribution is 0.504. The van der Waals surface area contributed by atoms with E-state index in [4.69, 9.17) is 4.42 Å². The second-order valence-corrected chi connectivity index (χ2v) is 6.39. The quantitative estimate of drug-likeness (QED) is 0.698. The van der Waals surface area contributed by atoms with Crippen molar-refractivity contribution in [2.24, 2.45) is 7.05 Å². The molecule has 132 valence electrons. The van der Waals surface area contributed by atoms with Crippen LogP contribution in [0.2, 0.25) is 0 Å². The van der Waals surface area contributed by atoms with Crippen molar-refractivity contribution in [1.29, 1.82) is 0 Å². The minimum Gasteiger partial charge on any atom is -0.467 e. The standard InChI is InChI=1S/C17H21N5O3/c1-3-4-7-22-15(23)13-14(19(2)17(22)24)18-16-20(8-9-21(13)16)11-12-6-5-10-25-12/h5-6,10H,3-4,7-9,11H2,1-2H3. The van der Waals surface area contributed by atoms with Crippen molar-refractivity contribution in [2.75, 3.05) is 11.4 Å². The van der Waals surface area contributed by atoms with E-state index in [0.717, 1.165) is 25.1 Å². The Kier molecular flexibility index (Phi) is 3.74. The van der Waals surface area contributed by atoms with E-state index in [1.54, 1.807) is 13.3 Å². The molecule has 25 heavy (non-hydrogen) atoms. The number of hydrogen-bond donors (Lipinski definition) is 0. The summed E-state index contributed by atoms with van der Waals surface area (Å²) in [7, 11) is 1.67. The van der Waals surface area contributed by atoms with Gasteiger partial charge in [-0.05, 0) is 18.6 Å². The first-order valence-corrected chi connectivity index (χ1v) is 8.59. The van der Waals surface area contributed by atoms with Crippen molar-refractivity contribution in [3.05, 3.63) is 45.0 Å². The van der Waals surface area contributed by atoms with Gasteiger partial charge in [-0.25, -0.2) is 4.79 Å². The number of fused-ring (bicyclic) bond motifs is 3. The highest BCUT2D eigenvalue weighted by molar-refractivity contribution is 5.75. The summed E-state index contributed by atoms with van der Waals surface area (Å²) in [5.41, 5.74) is 0.405. The average Bonchev–Trinajstić information content (AvgIpc) is 3.31. The normalized spacial score (nSPS) is 13.8. The zero-order chi connectivity index (χ0) is 17.6. The van der Waals surface area contributed by atoms with Crippen molar-refractivity contribution in [3.8, 4) is 0 Å². The zero-order valence-electron chi connectivity index (χ0n) is 14.4. The van der Waals surface area contributed by atoms with Gasteiger partial charge in [0.2, 0.25) is 5.95 Å². The number of rotatable bonds is 5. The van der Waals surface area contributed by atoms with E-state index < -0.39 is 0 Å². The smallest absolute Gasteiger partial charge is 0.332 e. The molecule has 0 spiro atoms. The summed E-state index contributed by atoms with van der Waals surface area (Å²) in [6.45, 7) is 4.50. The van der Waals surface area contributed by atoms with Crippen LogP contribution in [0.15, 0.2) is 32.4 Å². The van der Waals surface area contributed by atoms with E-state index >= 15 is 0 Å². The van der Waals surface area contributed by atoms with Crippen molar-refractivity contribution in [3.63, 3.8) is 0 Å². The van der Waals surface area contributed by atoms with Gasteiger partial charge in [-0.1, -0.05) is 13.3 Å². The number of imidazole rings is 1. The third kappa shape index (κ3) is 2.40. The molecule has 4 heterocycles. The van der Waals surface area contributed by atoms with E-state index in [1.165, 1.54) is 9.13 Å². The maximum atomic E-state index is 12.9. The largest absolute Gasteiger partial charge is 0.467 e. The SMILES string of the molecule is CCCCn1c(=O)c2c(nc3n2CCN3Cc2ccco2)n(C)c1=O. The maximum absolute atomic E-state index is 12.9. The Morgan fingerprint density at radius 1 is 1.28 bits per heavy atom. The van der Waals surface area contributed by atoms with Gasteiger partial charge in [-0.2, -0.15) is 4.98 Å². The fraction of sp³-hybridized carbons (Fsp3) is 0.471. The van der Waals surface area contributed by atoms with Gasteiger partial charge in [0.05, 0.1) is 12.8 Å². The highest BCUT2D eigenvalue weighted by Gasteiger charge is 2.28. The monoisotopic (exact) mass is 343 g/mol. The molecule has 0 N–H and O–H groups in total. The average molecular weight is 343 g/mol. The molecule has 0 saturated carbocycles. The Morgan fingerprint density at radius 2 is 2.12 bits per heavy atom. The van der Waals surface area contributed by atoms with E-state index in [9.17, 15) is 9.59 Å². The lowest BCUT2D eigenvalue weighted by Gasteiger charge is -2.13. The summed E-state index contributed by atoms with van der Waals surface area (Å²) in [6.07, 6.45) is 3.37. The third-order valence-electron chi connectivity index (χ3n) is 4.75. The van der Waals surface area contributed by atoms with Gasteiger partial charge < -0.3 is 13.9 Å². The summed E-state index contributed by atoms with van der Waals surface area (Å²) in [4.78, 5) is 32.1. The molecular formula is C17H21N5O3. The van der Waals surface area contributed by atoms with Crippen LogP contribution < -0.4 is 16.1 Å². The molecule has 4 rings (SSSR count). The summed E-state index contributed by atoms with van der Waals surface area (Å²) < 4.78 is 10.1. The Balaban J connectivity index is 1.84. The minimum absolute atomic E-state index is 0.245. The highest BCUT2D eigenvalue weighted by Crippen LogP contribution is 2.26. The molecule has 8 heteroatoms. The Bertz CT molecular complexity index is 1030. The molecule has 0 radical (unpaired) electrons. The fourth-order valence-electron chi connectivity index (χ4n) is 3.39. The van der Waals surface area contributed by atoms with Gasteiger partial charge >= 0.3 is 5.69 Å². The van der Waals surface area contributed by atoms with E-state index in [0.29, 0.717) is 36.7 Å². The molecule has 0 saturated heterocycles. The van der Waals surface area contributed by atoms with Crippen LogP contribution in [-0.2, 0) is 26.7 Å². The van der Waals surface area contributed by atoms with Crippen LogP contribution in [0.25, 0.3) is 11.2 Å². The molecule has 0 atom stereocenters. The zero-order valence-corrected chi connectivity index (χ0v) is 14.4. The molecule has 0 aromatic carbocycles. The molecule has 0 amide bonds. The Hall–Kier alpha value is -2.77. The van der Waals surface area contributed by atoms with Gasteiger partial charge in [-0.15, -0.1) is 0 Å². The second kappa shape index (κ2) is 5.94. The molecule has 0 aliphatic carbocycles. The molecule has 0 bridgehead atoms. The first-order chi connectivity index (χ1) is 12.1. The predicted molar refractivity (Wildman–Crippen MR) is 93.9 cm³/mol. The summed E-state index contributed by atoms with van der Waals surface area (Å²) in [5.74, 6) is 1.56. The van der Waals surface area contributed by atoms with Gasteiger partial charge in [0.25, 0.3) is 5.56 Å². The van der Waals surface area contributed by atoms with Crippen molar-refractivity contribution < 1.29 is 4.42 Å². The molecular weight excluding hydrogens is 322 g/mol. The van der Waals surface area contributed by atoms with Crippen LogP contribution >= 0.6 is 0 Å². The number of aromatic nitrogens is 4. The molecule has 1 aliphatic heterocycles. The van der Waals surface area contributed by atoms with E-state index in [-0.39, 0.29) is 11.2 Å². The van der Waals surface area contributed by atoms with Gasteiger partial charge in [0, 0.05) is 26.7 Å². The molecule has 0 unspecified atom stereocenters. The molecule has 8 nitrogen and oxygen atoms in total. The molecule has 3 aromatic heterocycles. The van der Waals surface area contributed by atoms with Crippen LogP contribution in [0.1, 0.15) is 25.5 Å². The summed E-state index contributed by atoms with van der Waals surface area (Å²) in [5, 5.41) is 0. The Labute approximate surface area is 143 Å².